The molecule has 0 saturated carbocycles. The fraction of sp³-hybridized carbons (Fsp3) is 0.417. The molecule has 3 aromatic rings. The highest BCUT2D eigenvalue weighted by molar-refractivity contribution is 7.09. The zero-order valence-corrected chi connectivity index (χ0v) is 20.0. The van der Waals surface area contributed by atoms with E-state index < -0.39 is 11.9 Å². The van der Waals surface area contributed by atoms with Gasteiger partial charge in [0.1, 0.15) is 12.0 Å². The molecule has 1 atom stereocenters. The maximum Gasteiger partial charge on any atom is 0.435 e. The van der Waals surface area contributed by atoms with E-state index in [4.69, 9.17) is 4.98 Å². The van der Waals surface area contributed by atoms with Crippen molar-refractivity contribution in [1.29, 1.82) is 0 Å². The van der Waals surface area contributed by atoms with Gasteiger partial charge >= 0.3 is 6.18 Å². The third kappa shape index (κ3) is 5.26. The number of rotatable bonds is 4. The molecule has 186 valence electrons. The van der Waals surface area contributed by atoms with E-state index in [-0.39, 0.29) is 12.0 Å². The van der Waals surface area contributed by atoms with Gasteiger partial charge in [-0.25, -0.2) is 14.1 Å². The minimum Gasteiger partial charge on any atom is -0.376 e. The second kappa shape index (κ2) is 9.71. The molecule has 1 fully saturated rings. The predicted octanol–water partition coefficient (Wildman–Crippen LogP) is 5.01. The van der Waals surface area contributed by atoms with Gasteiger partial charge in [0.05, 0.1) is 10.7 Å². The third-order valence-corrected chi connectivity index (χ3v) is 7.57. The third-order valence-electron chi connectivity index (χ3n) is 6.54. The number of halogens is 4. The van der Waals surface area contributed by atoms with Gasteiger partial charge in [-0.2, -0.15) is 18.3 Å². The first-order valence-corrected chi connectivity index (χ1v) is 12.4. The number of hydrogen-bond donors (Lipinski definition) is 2. The van der Waals surface area contributed by atoms with Crippen LogP contribution in [0.3, 0.4) is 0 Å². The number of likely N-dealkylation sites (tertiary alicyclic amines) is 1. The molecule has 1 unspecified atom stereocenters. The Hall–Kier alpha value is -2.76. The number of fused-ring (bicyclic) bond motifs is 1. The van der Waals surface area contributed by atoms with Crippen LogP contribution < -0.4 is 10.6 Å². The summed E-state index contributed by atoms with van der Waals surface area (Å²) in [5, 5.41) is 13.6. The summed E-state index contributed by atoms with van der Waals surface area (Å²) in [5.74, 6) is 0.142. The van der Waals surface area contributed by atoms with Crippen LogP contribution in [0.25, 0.3) is 6.20 Å². The molecule has 1 aromatic carbocycles. The van der Waals surface area contributed by atoms with Gasteiger partial charge in [-0.15, -0.1) is 11.3 Å². The molecule has 35 heavy (non-hydrogen) atoms. The van der Waals surface area contributed by atoms with Gasteiger partial charge in [-0.3, -0.25) is 10.6 Å². The van der Waals surface area contributed by atoms with E-state index in [0.717, 1.165) is 48.3 Å². The smallest absolute Gasteiger partial charge is 0.376 e. The quantitative estimate of drug-likeness (QED) is 0.488. The van der Waals surface area contributed by atoms with Crippen molar-refractivity contribution < 1.29 is 17.6 Å². The van der Waals surface area contributed by atoms with Crippen LogP contribution in [0.4, 0.5) is 17.6 Å². The van der Waals surface area contributed by atoms with Crippen molar-refractivity contribution in [2.45, 2.75) is 51.1 Å². The minimum absolute atomic E-state index is 0.145. The second-order valence-electron chi connectivity index (χ2n) is 8.90. The van der Waals surface area contributed by atoms with Crippen molar-refractivity contribution in [3.63, 3.8) is 0 Å². The summed E-state index contributed by atoms with van der Waals surface area (Å²) in [5.41, 5.74) is 2.11. The number of aryl methyl sites for hydroxylation is 1. The van der Waals surface area contributed by atoms with Crippen LogP contribution in [-0.2, 0) is 19.3 Å². The Labute approximate surface area is 204 Å². The normalized spacial score (nSPS) is 19.8. The van der Waals surface area contributed by atoms with E-state index in [9.17, 15) is 17.6 Å². The monoisotopic (exact) mass is 506 g/mol. The number of alkyl halides is 3. The Morgan fingerprint density at radius 1 is 1.11 bits per heavy atom. The molecule has 0 aliphatic carbocycles. The first-order chi connectivity index (χ1) is 16.8. The molecule has 0 amide bonds. The average molecular weight is 507 g/mol. The minimum atomic E-state index is -4.45. The fourth-order valence-corrected chi connectivity index (χ4v) is 5.53. The van der Waals surface area contributed by atoms with Crippen LogP contribution in [0.5, 0.6) is 0 Å². The molecular formula is C24H26F4N6S. The first-order valence-electron chi connectivity index (χ1n) is 11.5. The molecule has 2 aliphatic heterocycles. The zero-order valence-electron chi connectivity index (χ0n) is 19.1. The molecule has 0 bridgehead atoms. The number of thiazole rings is 1. The van der Waals surface area contributed by atoms with Crippen LogP contribution in [0, 0.1) is 12.7 Å². The summed E-state index contributed by atoms with van der Waals surface area (Å²) in [4.78, 5) is 6.98. The average Bonchev–Trinajstić information content (AvgIpc) is 3.40. The van der Waals surface area contributed by atoms with Crippen LogP contribution in [-0.4, -0.2) is 32.8 Å². The highest BCUT2D eigenvalue weighted by Crippen LogP contribution is 2.32. The lowest BCUT2D eigenvalue weighted by Gasteiger charge is -2.30. The van der Waals surface area contributed by atoms with E-state index in [1.54, 1.807) is 36.7 Å². The molecule has 4 heterocycles. The Morgan fingerprint density at radius 2 is 1.89 bits per heavy atom. The van der Waals surface area contributed by atoms with Crippen molar-refractivity contribution in [2.75, 3.05) is 13.1 Å². The lowest BCUT2D eigenvalue weighted by atomic mass is 9.98. The highest BCUT2D eigenvalue weighted by atomic mass is 32.1. The molecule has 0 spiro atoms. The first kappa shape index (κ1) is 24.0. The Kier molecular flexibility index (Phi) is 6.65. The summed E-state index contributed by atoms with van der Waals surface area (Å²) >= 11 is 1.64. The lowest BCUT2D eigenvalue weighted by molar-refractivity contribution is -0.141. The maximum absolute atomic E-state index is 14.1. The summed E-state index contributed by atoms with van der Waals surface area (Å²) in [6.45, 7) is 4.19. The topological polar surface area (TPSA) is 58.0 Å². The van der Waals surface area contributed by atoms with E-state index in [1.165, 1.54) is 10.7 Å². The van der Waals surface area contributed by atoms with E-state index in [2.05, 4.69) is 26.0 Å². The van der Waals surface area contributed by atoms with Gasteiger partial charge in [-0.05, 0) is 37.5 Å². The summed E-state index contributed by atoms with van der Waals surface area (Å²) in [6, 6.07) is 6.20. The van der Waals surface area contributed by atoms with Crippen LogP contribution in [0.15, 0.2) is 35.8 Å². The van der Waals surface area contributed by atoms with Gasteiger partial charge in [-0.1, -0.05) is 12.1 Å². The summed E-state index contributed by atoms with van der Waals surface area (Å²) in [7, 11) is 0. The molecule has 2 aliphatic rings. The Balaban J connectivity index is 1.17. The van der Waals surface area contributed by atoms with Crippen LogP contribution in [0.1, 0.15) is 58.1 Å². The Bertz CT molecular complexity index is 1210. The van der Waals surface area contributed by atoms with Crippen molar-refractivity contribution in [3.05, 3.63) is 74.9 Å². The van der Waals surface area contributed by atoms with Gasteiger partial charge in [0.25, 0.3) is 0 Å². The van der Waals surface area contributed by atoms with E-state index >= 15 is 0 Å². The number of nitrogens with zero attached hydrogens (tertiary/aromatic N) is 4. The van der Waals surface area contributed by atoms with Gasteiger partial charge in [0.2, 0.25) is 0 Å². The number of piperidine rings is 1. The van der Waals surface area contributed by atoms with Crippen molar-refractivity contribution in [1.82, 2.24) is 30.3 Å². The summed E-state index contributed by atoms with van der Waals surface area (Å²) in [6.07, 6.45) is 0.609. The number of nitrogens with one attached hydrogen (secondary N) is 2. The van der Waals surface area contributed by atoms with Gasteiger partial charge < -0.3 is 4.90 Å². The van der Waals surface area contributed by atoms with Crippen LogP contribution >= 0.6 is 11.3 Å². The molecule has 1 saturated heterocycles. The molecule has 2 N–H and O–H groups in total. The number of benzene rings is 1. The molecule has 5 rings (SSSR count). The fourth-order valence-electron chi connectivity index (χ4n) is 4.52. The molecule has 0 radical (unpaired) electrons. The molecule has 6 nitrogen and oxygen atoms in total. The van der Waals surface area contributed by atoms with E-state index in [0.29, 0.717) is 30.3 Å². The largest absolute Gasteiger partial charge is 0.435 e. The lowest BCUT2D eigenvalue weighted by Crippen LogP contribution is -2.31. The number of hydrogen-bond acceptors (Lipinski definition) is 6. The van der Waals surface area contributed by atoms with Crippen LogP contribution in [0.2, 0.25) is 0 Å². The van der Waals surface area contributed by atoms with Gasteiger partial charge in [0.15, 0.2) is 5.69 Å². The molecule has 2 aromatic heterocycles. The Morgan fingerprint density at radius 3 is 2.63 bits per heavy atom. The van der Waals surface area contributed by atoms with E-state index in [1.807, 2.05) is 6.07 Å². The maximum atomic E-state index is 14.1. The van der Waals surface area contributed by atoms with Crippen molar-refractivity contribution in [3.8, 4) is 0 Å². The second-order valence-corrected chi connectivity index (χ2v) is 9.79. The van der Waals surface area contributed by atoms with Gasteiger partial charge in [0, 0.05) is 61.1 Å². The SMILES string of the molecule is Cc1cc(C(F)(F)F)nn1C=CN1CCC(c2nc(C3NCc4cccc(F)c4CN3)cs2)CC1. The number of aromatic nitrogens is 3. The predicted molar refractivity (Wildman–Crippen MR) is 126 cm³/mol. The summed E-state index contributed by atoms with van der Waals surface area (Å²) < 4.78 is 54.0. The molecule has 11 heteroatoms. The highest BCUT2D eigenvalue weighted by Gasteiger charge is 2.34. The standard InChI is InChI=1S/C24H26F4N6S/c1-15-11-21(24(26,27)28)32-34(15)10-9-33-7-5-16(6-8-33)23-31-20(14-35-23)22-29-12-17-3-2-4-19(25)18(17)13-30-22/h2-4,9-11,14,16,22,29-30H,5-8,12-13H2,1H3. The van der Waals surface area contributed by atoms with Crippen molar-refractivity contribution in [2.24, 2.45) is 0 Å². The zero-order chi connectivity index (χ0) is 24.6. The van der Waals surface area contributed by atoms with Crippen molar-refractivity contribution >= 4 is 17.5 Å². The molecular weight excluding hydrogens is 480 g/mol.